The summed E-state index contributed by atoms with van der Waals surface area (Å²) in [4.78, 5) is 14.8. The predicted octanol–water partition coefficient (Wildman–Crippen LogP) is 2.99. The fourth-order valence-corrected chi connectivity index (χ4v) is 1.91. The number of pyridine rings is 1. The smallest absolute Gasteiger partial charge is 0.354 e. The highest BCUT2D eigenvalue weighted by atomic mass is 79.9. The molecule has 2 aromatic rings. The number of benzene rings is 1. The first kappa shape index (κ1) is 14.0. The zero-order valence-corrected chi connectivity index (χ0v) is 11.8. The highest BCUT2D eigenvalue weighted by Crippen LogP contribution is 2.23. The molecule has 1 aromatic carbocycles. The first-order valence-corrected chi connectivity index (χ1v) is 6.41. The van der Waals surface area contributed by atoms with Crippen LogP contribution in [-0.4, -0.2) is 16.1 Å². The maximum Gasteiger partial charge on any atom is 0.354 e. The topological polar surface area (TPSA) is 83.2 Å². The zero-order chi connectivity index (χ0) is 14.5. The zero-order valence-electron chi connectivity index (χ0n) is 10.2. The average molecular weight is 333 g/mol. The Balaban J connectivity index is 2.15. The molecule has 0 atom stereocenters. The van der Waals surface area contributed by atoms with Gasteiger partial charge < -0.3 is 9.84 Å². The molecule has 100 valence electrons. The van der Waals surface area contributed by atoms with Crippen molar-refractivity contribution in [3.05, 3.63) is 57.8 Å². The van der Waals surface area contributed by atoms with Gasteiger partial charge in [0.05, 0.1) is 11.3 Å². The Morgan fingerprint density at radius 1 is 1.40 bits per heavy atom. The van der Waals surface area contributed by atoms with Crippen LogP contribution in [0.2, 0.25) is 0 Å². The van der Waals surface area contributed by atoms with E-state index in [9.17, 15) is 4.79 Å². The Morgan fingerprint density at radius 2 is 2.20 bits per heavy atom. The third kappa shape index (κ3) is 3.33. The second kappa shape index (κ2) is 6.17. The fraction of sp³-hybridized carbons (Fsp3) is 0.0714. The summed E-state index contributed by atoms with van der Waals surface area (Å²) in [5, 5.41) is 17.9. The van der Waals surface area contributed by atoms with Crippen LogP contribution in [-0.2, 0) is 6.61 Å². The van der Waals surface area contributed by atoms with Gasteiger partial charge in [-0.1, -0.05) is 22.0 Å². The van der Waals surface area contributed by atoms with Crippen LogP contribution in [0.1, 0.15) is 21.7 Å². The number of hydrogen-bond acceptors (Lipinski definition) is 4. The van der Waals surface area contributed by atoms with Gasteiger partial charge in [0.25, 0.3) is 0 Å². The molecule has 0 unspecified atom stereocenters. The summed E-state index contributed by atoms with van der Waals surface area (Å²) in [7, 11) is 0. The number of aromatic nitrogens is 1. The van der Waals surface area contributed by atoms with E-state index in [2.05, 4.69) is 20.9 Å². The lowest BCUT2D eigenvalue weighted by Crippen LogP contribution is -2.05. The molecule has 0 fully saturated rings. The van der Waals surface area contributed by atoms with Crippen LogP contribution >= 0.6 is 15.9 Å². The molecule has 1 heterocycles. The molecule has 1 N–H and O–H groups in total. The number of carbonyl (C=O) groups is 1. The fourth-order valence-electron chi connectivity index (χ4n) is 1.55. The Bertz CT molecular complexity index is 695. The molecule has 0 amide bonds. The van der Waals surface area contributed by atoms with Gasteiger partial charge in [0.1, 0.15) is 24.1 Å². The minimum Gasteiger partial charge on any atom is -0.486 e. The van der Waals surface area contributed by atoms with Crippen molar-refractivity contribution in [2.45, 2.75) is 6.61 Å². The molecule has 0 bridgehead atoms. The average Bonchev–Trinajstić information content (AvgIpc) is 2.46. The van der Waals surface area contributed by atoms with Crippen LogP contribution in [0.15, 0.2) is 40.9 Å². The van der Waals surface area contributed by atoms with E-state index in [1.54, 1.807) is 30.3 Å². The number of carboxylic acids is 1. The Morgan fingerprint density at radius 3 is 2.90 bits per heavy atom. The monoisotopic (exact) mass is 332 g/mol. The van der Waals surface area contributed by atoms with Crippen LogP contribution in [0.5, 0.6) is 5.75 Å². The Labute approximate surface area is 123 Å². The molecule has 0 radical (unpaired) electrons. The normalized spacial score (nSPS) is 9.80. The first-order valence-electron chi connectivity index (χ1n) is 5.62. The molecule has 5 nitrogen and oxygen atoms in total. The third-order valence-corrected chi connectivity index (χ3v) is 2.96. The molecule has 2 rings (SSSR count). The number of nitriles is 1. The van der Waals surface area contributed by atoms with Crippen molar-refractivity contribution in [3.63, 3.8) is 0 Å². The van der Waals surface area contributed by atoms with Gasteiger partial charge in [-0.2, -0.15) is 5.26 Å². The Hall–Kier alpha value is -2.39. The molecule has 0 spiro atoms. The molecule has 0 aliphatic carbocycles. The summed E-state index contributed by atoms with van der Waals surface area (Å²) in [6.45, 7) is 0.0947. The van der Waals surface area contributed by atoms with E-state index < -0.39 is 5.97 Å². The van der Waals surface area contributed by atoms with Crippen molar-refractivity contribution >= 4 is 21.9 Å². The van der Waals surface area contributed by atoms with Crippen molar-refractivity contribution in [1.29, 1.82) is 5.26 Å². The van der Waals surface area contributed by atoms with Gasteiger partial charge in [-0.05, 0) is 30.3 Å². The lowest BCUT2D eigenvalue weighted by atomic mass is 10.2. The number of ether oxygens (including phenoxy) is 1. The van der Waals surface area contributed by atoms with E-state index in [4.69, 9.17) is 15.1 Å². The van der Waals surface area contributed by atoms with Crippen LogP contribution in [0.3, 0.4) is 0 Å². The summed E-state index contributed by atoms with van der Waals surface area (Å²) in [6.07, 6.45) is 0. The van der Waals surface area contributed by atoms with Gasteiger partial charge in [-0.15, -0.1) is 0 Å². The Kier molecular flexibility index (Phi) is 4.33. The quantitative estimate of drug-likeness (QED) is 0.930. The molecular formula is C14H9BrN2O3. The van der Waals surface area contributed by atoms with Crippen molar-refractivity contribution in [1.82, 2.24) is 4.98 Å². The maximum absolute atomic E-state index is 10.8. The van der Waals surface area contributed by atoms with Gasteiger partial charge in [-0.25, -0.2) is 9.78 Å². The highest BCUT2D eigenvalue weighted by Gasteiger charge is 2.07. The summed E-state index contributed by atoms with van der Waals surface area (Å²) in [5.74, 6) is -0.661. The minimum atomic E-state index is -1.09. The molecule has 6 heteroatoms. The number of nitrogens with zero attached hydrogens (tertiary/aromatic N) is 2. The van der Waals surface area contributed by atoms with E-state index in [0.29, 0.717) is 17.0 Å². The van der Waals surface area contributed by atoms with Gasteiger partial charge in [-0.3, -0.25) is 0 Å². The van der Waals surface area contributed by atoms with Gasteiger partial charge in [0.2, 0.25) is 0 Å². The first-order chi connectivity index (χ1) is 9.60. The van der Waals surface area contributed by atoms with Crippen LogP contribution < -0.4 is 4.74 Å². The van der Waals surface area contributed by atoms with Crippen molar-refractivity contribution in [3.8, 4) is 11.8 Å². The lowest BCUT2D eigenvalue weighted by Gasteiger charge is -2.08. The van der Waals surface area contributed by atoms with Crippen LogP contribution in [0, 0.1) is 11.3 Å². The molecule has 1 aromatic heterocycles. The van der Waals surface area contributed by atoms with Gasteiger partial charge in [0.15, 0.2) is 0 Å². The standard InChI is InChI=1S/C14H9BrN2O3/c15-10-4-5-13(9(6-10)7-16)20-8-11-2-1-3-12(17-11)14(18)19/h1-6H,8H2,(H,18,19). The number of rotatable bonds is 4. The van der Waals surface area contributed by atoms with Crippen LogP contribution in [0.4, 0.5) is 0 Å². The van der Waals surface area contributed by atoms with E-state index in [1.165, 1.54) is 6.07 Å². The number of hydrogen-bond donors (Lipinski definition) is 1. The number of aromatic carboxylic acids is 1. The largest absolute Gasteiger partial charge is 0.486 e. The van der Waals surface area contributed by atoms with Crippen molar-refractivity contribution < 1.29 is 14.6 Å². The maximum atomic E-state index is 10.8. The second-order valence-electron chi connectivity index (χ2n) is 3.86. The van der Waals surface area contributed by atoms with Gasteiger partial charge in [0, 0.05) is 4.47 Å². The summed E-state index contributed by atoms with van der Waals surface area (Å²) in [6, 6.07) is 11.8. The summed E-state index contributed by atoms with van der Waals surface area (Å²) in [5.41, 5.74) is 0.841. The molecule has 0 aliphatic rings. The molecule has 0 saturated carbocycles. The molecule has 0 aliphatic heterocycles. The number of halogens is 1. The summed E-state index contributed by atoms with van der Waals surface area (Å²) < 4.78 is 6.29. The van der Waals surface area contributed by atoms with Crippen molar-refractivity contribution in [2.24, 2.45) is 0 Å². The number of carboxylic acid groups (broad SMARTS) is 1. The van der Waals surface area contributed by atoms with E-state index >= 15 is 0 Å². The second-order valence-corrected chi connectivity index (χ2v) is 4.78. The SMILES string of the molecule is N#Cc1cc(Br)ccc1OCc1cccc(C(=O)O)n1. The van der Waals surface area contributed by atoms with E-state index in [1.807, 2.05) is 6.07 Å². The van der Waals surface area contributed by atoms with Gasteiger partial charge >= 0.3 is 5.97 Å². The third-order valence-electron chi connectivity index (χ3n) is 2.46. The van der Waals surface area contributed by atoms with E-state index in [-0.39, 0.29) is 12.3 Å². The lowest BCUT2D eigenvalue weighted by molar-refractivity contribution is 0.0690. The summed E-state index contributed by atoms with van der Waals surface area (Å²) >= 11 is 3.27. The van der Waals surface area contributed by atoms with Crippen LogP contribution in [0.25, 0.3) is 0 Å². The van der Waals surface area contributed by atoms with Crippen molar-refractivity contribution in [2.75, 3.05) is 0 Å². The highest BCUT2D eigenvalue weighted by molar-refractivity contribution is 9.10. The molecule has 20 heavy (non-hydrogen) atoms. The molecule has 0 saturated heterocycles. The minimum absolute atomic E-state index is 0.0394. The predicted molar refractivity (Wildman–Crippen MR) is 74.4 cm³/mol. The molecular weight excluding hydrogens is 324 g/mol. The van der Waals surface area contributed by atoms with E-state index in [0.717, 1.165) is 4.47 Å².